The van der Waals surface area contributed by atoms with E-state index >= 15 is 0 Å². The summed E-state index contributed by atoms with van der Waals surface area (Å²) in [7, 11) is 0. The van der Waals surface area contributed by atoms with E-state index in [1.165, 1.54) is 4.88 Å². The summed E-state index contributed by atoms with van der Waals surface area (Å²) in [6.07, 6.45) is 0. The summed E-state index contributed by atoms with van der Waals surface area (Å²) >= 11 is 5.06. The van der Waals surface area contributed by atoms with Crippen LogP contribution in [0.4, 0.5) is 11.9 Å². The van der Waals surface area contributed by atoms with Crippen molar-refractivity contribution >= 4 is 39.2 Å². The van der Waals surface area contributed by atoms with Crippen molar-refractivity contribution in [1.82, 2.24) is 15.0 Å². The lowest BCUT2D eigenvalue weighted by molar-refractivity contribution is 0.312. The fraction of sp³-hybridized carbons (Fsp3) is 0.300. The number of nitrogen functional groups attached to an aromatic ring is 1. The molecule has 6 nitrogen and oxygen atoms in total. The van der Waals surface area contributed by atoms with Crippen LogP contribution in [0.3, 0.4) is 0 Å². The van der Waals surface area contributed by atoms with Crippen molar-refractivity contribution in [3.8, 4) is 6.01 Å². The van der Waals surface area contributed by atoms with Crippen molar-refractivity contribution < 1.29 is 4.74 Å². The lowest BCUT2D eigenvalue weighted by atomic mass is 10.5. The summed E-state index contributed by atoms with van der Waals surface area (Å²) in [4.78, 5) is 13.1. The monoisotopic (exact) mass is 329 g/mol. The maximum absolute atomic E-state index is 5.58. The van der Waals surface area contributed by atoms with Gasteiger partial charge in [0.05, 0.1) is 16.9 Å². The molecule has 2 rings (SSSR count). The second kappa shape index (κ2) is 5.96. The first-order valence-electron chi connectivity index (χ1n) is 5.30. The Morgan fingerprint density at radius 1 is 1.39 bits per heavy atom. The molecule has 18 heavy (non-hydrogen) atoms. The number of ether oxygens (including phenoxy) is 1. The standard InChI is InChI=1S/C10H12BrN5OS/c1-2-17-10-15-8(12)14-9(16-10)13-5-6-3-4-7(11)18-6/h3-4H,2,5H2,1H3,(H3,12,13,14,15,16). The van der Waals surface area contributed by atoms with Gasteiger partial charge in [0.25, 0.3) is 0 Å². The van der Waals surface area contributed by atoms with Crippen molar-refractivity contribution in [2.45, 2.75) is 13.5 Å². The molecule has 2 aromatic heterocycles. The second-order valence-corrected chi connectivity index (χ2v) is 5.84. The van der Waals surface area contributed by atoms with Gasteiger partial charge in [0.2, 0.25) is 11.9 Å². The molecule has 2 heterocycles. The smallest absolute Gasteiger partial charge is 0.323 e. The third-order valence-corrected chi connectivity index (χ3v) is 3.58. The number of hydrogen-bond acceptors (Lipinski definition) is 7. The number of aromatic nitrogens is 3. The van der Waals surface area contributed by atoms with Gasteiger partial charge in [-0.05, 0) is 35.0 Å². The predicted molar refractivity (Wildman–Crippen MR) is 74.8 cm³/mol. The molecule has 0 fully saturated rings. The third kappa shape index (κ3) is 3.54. The minimum Gasteiger partial charge on any atom is -0.464 e. The molecule has 0 spiro atoms. The Kier molecular flexibility index (Phi) is 4.32. The van der Waals surface area contributed by atoms with Gasteiger partial charge in [0, 0.05) is 4.88 Å². The average molecular weight is 330 g/mol. The summed E-state index contributed by atoms with van der Waals surface area (Å²) in [6, 6.07) is 4.25. The van der Waals surface area contributed by atoms with E-state index < -0.39 is 0 Å². The van der Waals surface area contributed by atoms with E-state index in [0.29, 0.717) is 19.1 Å². The Labute approximate surface area is 117 Å². The molecule has 0 bridgehead atoms. The van der Waals surface area contributed by atoms with Gasteiger partial charge >= 0.3 is 6.01 Å². The highest BCUT2D eigenvalue weighted by atomic mass is 79.9. The molecule has 0 saturated heterocycles. The fourth-order valence-corrected chi connectivity index (χ4v) is 2.68. The number of nitrogens with two attached hydrogens (primary N) is 1. The molecule has 8 heteroatoms. The Balaban J connectivity index is 2.04. The number of nitrogens with one attached hydrogen (secondary N) is 1. The highest BCUT2D eigenvalue weighted by Crippen LogP contribution is 2.22. The molecule has 3 N–H and O–H groups in total. The van der Waals surface area contributed by atoms with Crippen molar-refractivity contribution in [1.29, 1.82) is 0 Å². The molecular formula is C10H12BrN5OS. The van der Waals surface area contributed by atoms with Gasteiger partial charge in [0.15, 0.2) is 0 Å². The van der Waals surface area contributed by atoms with Gasteiger partial charge in [0.1, 0.15) is 0 Å². The van der Waals surface area contributed by atoms with E-state index in [0.717, 1.165) is 3.79 Å². The zero-order chi connectivity index (χ0) is 13.0. The minimum atomic E-state index is 0.142. The first-order valence-corrected chi connectivity index (χ1v) is 6.90. The van der Waals surface area contributed by atoms with Crippen molar-refractivity contribution in [3.05, 3.63) is 20.8 Å². The summed E-state index contributed by atoms with van der Waals surface area (Å²) in [5, 5.41) is 3.08. The lowest BCUT2D eigenvalue weighted by Crippen LogP contribution is -2.08. The fourth-order valence-electron chi connectivity index (χ4n) is 1.26. The third-order valence-electron chi connectivity index (χ3n) is 1.96. The van der Waals surface area contributed by atoms with Gasteiger partial charge in [-0.25, -0.2) is 0 Å². The summed E-state index contributed by atoms with van der Waals surface area (Å²) in [6.45, 7) is 2.97. The molecule has 96 valence electrons. The first kappa shape index (κ1) is 13.0. The van der Waals surface area contributed by atoms with E-state index in [1.54, 1.807) is 11.3 Å². The van der Waals surface area contributed by atoms with Gasteiger partial charge in [-0.3, -0.25) is 0 Å². The average Bonchev–Trinajstić information content (AvgIpc) is 2.72. The summed E-state index contributed by atoms with van der Waals surface area (Å²) < 4.78 is 6.28. The molecule has 0 saturated carbocycles. The molecule has 0 aliphatic heterocycles. The second-order valence-electron chi connectivity index (χ2n) is 3.29. The Bertz CT molecular complexity index is 533. The summed E-state index contributed by atoms with van der Waals surface area (Å²) in [5.41, 5.74) is 5.58. The number of rotatable bonds is 5. The Morgan fingerprint density at radius 2 is 2.22 bits per heavy atom. The minimum absolute atomic E-state index is 0.142. The molecule has 0 unspecified atom stereocenters. The molecule has 2 aromatic rings. The lowest BCUT2D eigenvalue weighted by Gasteiger charge is -2.06. The van der Waals surface area contributed by atoms with Crippen molar-refractivity contribution in [2.75, 3.05) is 17.7 Å². The van der Waals surface area contributed by atoms with E-state index in [1.807, 2.05) is 19.1 Å². The van der Waals surface area contributed by atoms with Crippen LogP contribution in [0.25, 0.3) is 0 Å². The molecule has 0 amide bonds. The van der Waals surface area contributed by atoms with Crippen LogP contribution in [0, 0.1) is 0 Å². The number of hydrogen-bond donors (Lipinski definition) is 2. The van der Waals surface area contributed by atoms with Crippen molar-refractivity contribution in [3.63, 3.8) is 0 Å². The van der Waals surface area contributed by atoms with E-state index in [4.69, 9.17) is 10.5 Å². The SMILES string of the molecule is CCOc1nc(N)nc(NCc2ccc(Br)s2)n1. The number of anilines is 2. The number of thiophene rings is 1. The van der Waals surface area contributed by atoms with Gasteiger partial charge in [-0.15, -0.1) is 11.3 Å². The van der Waals surface area contributed by atoms with Gasteiger partial charge < -0.3 is 15.8 Å². The first-order chi connectivity index (χ1) is 8.67. The van der Waals surface area contributed by atoms with Crippen molar-refractivity contribution in [2.24, 2.45) is 0 Å². The normalized spacial score (nSPS) is 10.3. The molecule has 0 aliphatic carbocycles. The largest absolute Gasteiger partial charge is 0.464 e. The van der Waals surface area contributed by atoms with E-state index in [9.17, 15) is 0 Å². The van der Waals surface area contributed by atoms with E-state index in [2.05, 4.69) is 36.2 Å². The Morgan fingerprint density at radius 3 is 2.89 bits per heavy atom. The van der Waals surface area contributed by atoms with Crippen LogP contribution in [0.15, 0.2) is 15.9 Å². The summed E-state index contributed by atoms with van der Waals surface area (Å²) in [5.74, 6) is 0.554. The highest BCUT2D eigenvalue weighted by molar-refractivity contribution is 9.11. The molecular weight excluding hydrogens is 318 g/mol. The van der Waals surface area contributed by atoms with Crippen LogP contribution in [-0.2, 0) is 6.54 Å². The topological polar surface area (TPSA) is 86.0 Å². The van der Waals surface area contributed by atoms with Crippen LogP contribution in [0.2, 0.25) is 0 Å². The maximum Gasteiger partial charge on any atom is 0.323 e. The zero-order valence-electron chi connectivity index (χ0n) is 9.68. The molecule has 0 aromatic carbocycles. The number of nitrogens with zero attached hydrogens (tertiary/aromatic N) is 3. The predicted octanol–water partition coefficient (Wildman–Crippen LogP) is 2.29. The molecule has 0 radical (unpaired) electrons. The van der Waals surface area contributed by atoms with Crippen LogP contribution < -0.4 is 15.8 Å². The van der Waals surface area contributed by atoms with E-state index in [-0.39, 0.29) is 12.0 Å². The highest BCUT2D eigenvalue weighted by Gasteiger charge is 2.05. The van der Waals surface area contributed by atoms with Crippen LogP contribution in [-0.4, -0.2) is 21.6 Å². The quantitative estimate of drug-likeness (QED) is 0.875. The van der Waals surface area contributed by atoms with Crippen LogP contribution >= 0.6 is 27.3 Å². The van der Waals surface area contributed by atoms with Gasteiger partial charge in [-0.1, -0.05) is 0 Å². The van der Waals surface area contributed by atoms with Crippen LogP contribution in [0.5, 0.6) is 6.01 Å². The number of halogens is 1. The maximum atomic E-state index is 5.58. The Hall–Kier alpha value is -1.41. The van der Waals surface area contributed by atoms with Gasteiger partial charge in [-0.2, -0.15) is 15.0 Å². The molecule has 0 aliphatic rings. The van der Waals surface area contributed by atoms with Crippen LogP contribution in [0.1, 0.15) is 11.8 Å². The molecule has 0 atom stereocenters. The zero-order valence-corrected chi connectivity index (χ0v) is 12.1.